The molecule has 1 aromatic carbocycles. The lowest BCUT2D eigenvalue weighted by molar-refractivity contribution is -0.385. The van der Waals surface area contributed by atoms with Crippen LogP contribution in [0.3, 0.4) is 0 Å². The van der Waals surface area contributed by atoms with Crippen LogP contribution in [0.1, 0.15) is 37.7 Å². The van der Waals surface area contributed by atoms with E-state index in [-0.39, 0.29) is 10.6 Å². The maximum atomic E-state index is 11.1. The van der Waals surface area contributed by atoms with E-state index in [1.54, 1.807) is 12.1 Å². The predicted molar refractivity (Wildman–Crippen MR) is 81.6 cm³/mol. The Hall–Kier alpha value is -1.62. The molecule has 2 fully saturated rings. The molecule has 5 nitrogen and oxygen atoms in total. The Kier molecular flexibility index (Phi) is 3.61. The van der Waals surface area contributed by atoms with Crippen LogP contribution in [-0.2, 0) is 0 Å². The van der Waals surface area contributed by atoms with E-state index >= 15 is 0 Å². The molecule has 21 heavy (non-hydrogen) atoms. The zero-order chi connectivity index (χ0) is 15.0. The summed E-state index contributed by atoms with van der Waals surface area (Å²) >= 11 is 0. The van der Waals surface area contributed by atoms with Gasteiger partial charge >= 0.3 is 0 Å². The molecule has 1 aliphatic heterocycles. The Morgan fingerprint density at radius 3 is 2.95 bits per heavy atom. The van der Waals surface area contributed by atoms with Crippen LogP contribution < -0.4 is 4.90 Å². The number of rotatable bonds is 2. The quantitative estimate of drug-likeness (QED) is 0.671. The van der Waals surface area contributed by atoms with Gasteiger partial charge in [-0.05, 0) is 32.3 Å². The van der Waals surface area contributed by atoms with Gasteiger partial charge < -0.3 is 10.0 Å². The van der Waals surface area contributed by atoms with Gasteiger partial charge in [-0.1, -0.05) is 18.9 Å². The van der Waals surface area contributed by atoms with Gasteiger partial charge in [-0.15, -0.1) is 0 Å². The highest BCUT2D eigenvalue weighted by molar-refractivity contribution is 5.61. The molecule has 0 bridgehead atoms. The number of nitrogens with zero attached hydrogens (tertiary/aromatic N) is 2. The number of fused-ring (bicyclic) bond motifs is 1. The highest BCUT2D eigenvalue weighted by Gasteiger charge is 2.43. The number of hydrogen-bond acceptors (Lipinski definition) is 4. The summed E-state index contributed by atoms with van der Waals surface area (Å²) < 4.78 is 0. The molecule has 1 heterocycles. The second-order valence-corrected chi connectivity index (χ2v) is 6.42. The highest BCUT2D eigenvalue weighted by atomic mass is 16.6. The second kappa shape index (κ2) is 5.30. The summed E-state index contributed by atoms with van der Waals surface area (Å²) in [6.07, 6.45) is 5.01. The van der Waals surface area contributed by atoms with Gasteiger partial charge in [0.2, 0.25) is 0 Å². The first-order valence-electron chi connectivity index (χ1n) is 7.72. The Morgan fingerprint density at radius 2 is 2.19 bits per heavy atom. The predicted octanol–water partition coefficient (Wildman–Crippen LogP) is 3.03. The molecule has 1 saturated carbocycles. The number of hydrogen-bond donors (Lipinski definition) is 1. The Bertz CT molecular complexity index is 560. The summed E-state index contributed by atoms with van der Waals surface area (Å²) in [4.78, 5) is 13.0. The van der Waals surface area contributed by atoms with Gasteiger partial charge in [0.25, 0.3) is 5.69 Å². The zero-order valence-electron chi connectivity index (χ0n) is 12.4. The number of nitro benzene ring substituents is 1. The number of anilines is 1. The summed E-state index contributed by atoms with van der Waals surface area (Å²) in [6.45, 7) is 3.39. The van der Waals surface area contributed by atoms with Crippen LogP contribution >= 0.6 is 0 Å². The minimum Gasteiger partial charge on any atom is -0.389 e. The molecule has 2 unspecified atom stereocenters. The van der Waals surface area contributed by atoms with Crippen molar-refractivity contribution in [3.05, 3.63) is 33.9 Å². The van der Waals surface area contributed by atoms with Crippen LogP contribution in [0.25, 0.3) is 0 Å². The van der Waals surface area contributed by atoms with E-state index in [0.717, 1.165) is 50.0 Å². The molecule has 1 aliphatic carbocycles. The smallest absolute Gasteiger partial charge is 0.274 e. The third kappa shape index (κ3) is 2.50. The van der Waals surface area contributed by atoms with Crippen molar-refractivity contribution >= 4 is 11.4 Å². The molecular weight excluding hydrogens is 268 g/mol. The Morgan fingerprint density at radius 1 is 1.38 bits per heavy atom. The molecule has 3 rings (SSSR count). The van der Waals surface area contributed by atoms with Crippen molar-refractivity contribution in [1.29, 1.82) is 0 Å². The molecule has 2 atom stereocenters. The molecule has 1 N–H and O–H groups in total. The fourth-order valence-electron chi connectivity index (χ4n) is 3.94. The minimum absolute atomic E-state index is 0.178. The molecule has 1 saturated heterocycles. The summed E-state index contributed by atoms with van der Waals surface area (Å²) in [5.41, 5.74) is 1.33. The maximum absolute atomic E-state index is 11.1. The Labute approximate surface area is 124 Å². The first-order chi connectivity index (χ1) is 10.0. The first-order valence-corrected chi connectivity index (χ1v) is 7.72. The van der Waals surface area contributed by atoms with E-state index in [0.29, 0.717) is 5.92 Å². The molecule has 114 valence electrons. The van der Waals surface area contributed by atoms with Crippen LogP contribution in [0.2, 0.25) is 0 Å². The largest absolute Gasteiger partial charge is 0.389 e. The number of piperidine rings is 1. The maximum Gasteiger partial charge on any atom is 0.274 e. The van der Waals surface area contributed by atoms with Gasteiger partial charge in [-0.3, -0.25) is 10.1 Å². The van der Waals surface area contributed by atoms with E-state index in [4.69, 9.17) is 0 Å². The number of aliphatic hydroxyl groups is 1. The summed E-state index contributed by atoms with van der Waals surface area (Å²) in [5.74, 6) is 0.290. The summed E-state index contributed by atoms with van der Waals surface area (Å²) in [5, 5.41) is 21.8. The third-order valence-corrected chi connectivity index (χ3v) is 5.24. The molecule has 0 radical (unpaired) electrons. The van der Waals surface area contributed by atoms with E-state index in [9.17, 15) is 15.2 Å². The summed E-state index contributed by atoms with van der Waals surface area (Å²) in [7, 11) is 0. The minimum atomic E-state index is -0.511. The molecule has 5 heteroatoms. The third-order valence-electron chi connectivity index (χ3n) is 5.24. The molecule has 0 spiro atoms. The van der Waals surface area contributed by atoms with Crippen LogP contribution in [0.15, 0.2) is 18.2 Å². The van der Waals surface area contributed by atoms with Gasteiger partial charge in [0.1, 0.15) is 0 Å². The standard InChI is InChI=1S/C16H22N2O3/c1-12-14(6-4-7-15(12)18(20)21)17-10-9-16(19)8-3-2-5-13(16)11-17/h4,6-7,13,19H,2-3,5,8-11H2,1H3. The second-order valence-electron chi connectivity index (χ2n) is 6.42. The van der Waals surface area contributed by atoms with Crippen LogP contribution in [-0.4, -0.2) is 28.7 Å². The van der Waals surface area contributed by atoms with E-state index in [1.807, 2.05) is 13.0 Å². The molecule has 1 aromatic rings. The SMILES string of the molecule is Cc1c(N2CCC3(O)CCCCC3C2)cccc1[N+](=O)[O-]. The normalized spacial score (nSPS) is 29.0. The molecular formula is C16H22N2O3. The van der Waals surface area contributed by atoms with Crippen molar-refractivity contribution in [2.45, 2.75) is 44.6 Å². The van der Waals surface area contributed by atoms with E-state index in [1.165, 1.54) is 6.42 Å². The number of nitro groups is 1. The lowest BCUT2D eigenvalue weighted by Crippen LogP contribution is -2.53. The van der Waals surface area contributed by atoms with Gasteiger partial charge in [0, 0.05) is 30.8 Å². The first kappa shape index (κ1) is 14.3. The van der Waals surface area contributed by atoms with Crippen molar-refractivity contribution < 1.29 is 10.0 Å². The van der Waals surface area contributed by atoms with Gasteiger partial charge in [-0.25, -0.2) is 0 Å². The van der Waals surface area contributed by atoms with Crippen molar-refractivity contribution in [2.24, 2.45) is 5.92 Å². The zero-order valence-corrected chi connectivity index (χ0v) is 12.4. The van der Waals surface area contributed by atoms with E-state index in [2.05, 4.69) is 4.90 Å². The summed E-state index contributed by atoms with van der Waals surface area (Å²) in [6, 6.07) is 5.26. The van der Waals surface area contributed by atoms with Crippen LogP contribution in [0, 0.1) is 23.0 Å². The lowest BCUT2D eigenvalue weighted by Gasteiger charge is -2.48. The van der Waals surface area contributed by atoms with Gasteiger partial charge in [0.15, 0.2) is 0 Å². The molecule has 0 amide bonds. The molecule has 2 aliphatic rings. The fraction of sp³-hybridized carbons (Fsp3) is 0.625. The monoisotopic (exact) mass is 290 g/mol. The van der Waals surface area contributed by atoms with Crippen molar-refractivity contribution in [1.82, 2.24) is 0 Å². The topological polar surface area (TPSA) is 66.6 Å². The van der Waals surface area contributed by atoms with Gasteiger partial charge in [-0.2, -0.15) is 0 Å². The molecule has 0 aromatic heterocycles. The van der Waals surface area contributed by atoms with Crippen molar-refractivity contribution in [2.75, 3.05) is 18.0 Å². The van der Waals surface area contributed by atoms with Crippen molar-refractivity contribution in [3.8, 4) is 0 Å². The lowest BCUT2D eigenvalue weighted by atomic mass is 9.71. The highest BCUT2D eigenvalue weighted by Crippen LogP contribution is 2.41. The average molecular weight is 290 g/mol. The average Bonchev–Trinajstić information content (AvgIpc) is 2.46. The van der Waals surface area contributed by atoms with Crippen molar-refractivity contribution in [3.63, 3.8) is 0 Å². The number of benzene rings is 1. The fourth-order valence-corrected chi connectivity index (χ4v) is 3.94. The van der Waals surface area contributed by atoms with Gasteiger partial charge in [0.05, 0.1) is 16.1 Å². The van der Waals surface area contributed by atoms with E-state index < -0.39 is 5.60 Å². The Balaban J connectivity index is 1.86. The van der Waals surface area contributed by atoms with Crippen LogP contribution in [0.5, 0.6) is 0 Å². The van der Waals surface area contributed by atoms with Crippen LogP contribution in [0.4, 0.5) is 11.4 Å².